The molecule has 2 rings (SSSR count). The van der Waals surface area contributed by atoms with Crippen molar-refractivity contribution >= 4 is 23.6 Å². The second kappa shape index (κ2) is 9.51. The molecular weight excluding hydrogens is 364 g/mol. The van der Waals surface area contributed by atoms with Crippen molar-refractivity contribution in [2.75, 3.05) is 19.6 Å². The maximum absolute atomic E-state index is 12.7. The van der Waals surface area contributed by atoms with Crippen LogP contribution in [0.25, 0.3) is 6.08 Å². The molecule has 0 aromatic carbocycles. The van der Waals surface area contributed by atoms with E-state index < -0.39 is 0 Å². The zero-order chi connectivity index (χ0) is 20.1. The maximum atomic E-state index is 12.7. The van der Waals surface area contributed by atoms with Gasteiger partial charge in [-0.1, -0.05) is 32.4 Å². The monoisotopic (exact) mass is 394 g/mol. The minimum atomic E-state index is -0.252. The molecule has 2 heterocycles. The average molecular weight is 395 g/mol. The van der Waals surface area contributed by atoms with Crippen LogP contribution >= 0.6 is 11.6 Å². The largest absolute Gasteiger partial charge is 0.350 e. The van der Waals surface area contributed by atoms with Crippen molar-refractivity contribution in [3.8, 4) is 0 Å². The van der Waals surface area contributed by atoms with Gasteiger partial charge in [-0.2, -0.15) is 5.10 Å². The Balaban J connectivity index is 2.22. The van der Waals surface area contributed by atoms with Crippen molar-refractivity contribution in [3.05, 3.63) is 32.2 Å². The number of piperidine rings is 1. The number of rotatable bonds is 6. The van der Waals surface area contributed by atoms with Gasteiger partial charge < -0.3 is 10.2 Å². The first-order valence-electron chi connectivity index (χ1n) is 9.70. The van der Waals surface area contributed by atoms with Crippen LogP contribution in [-0.2, 0) is 11.3 Å². The van der Waals surface area contributed by atoms with E-state index in [2.05, 4.69) is 22.2 Å². The predicted molar refractivity (Wildman–Crippen MR) is 110 cm³/mol. The number of hydrogen-bond acceptors (Lipinski definition) is 4. The molecule has 27 heavy (non-hydrogen) atoms. The summed E-state index contributed by atoms with van der Waals surface area (Å²) in [6.45, 7) is 12.5. The van der Waals surface area contributed by atoms with Crippen LogP contribution < -0.4 is 10.9 Å². The van der Waals surface area contributed by atoms with Gasteiger partial charge in [-0.15, -0.1) is 0 Å². The van der Waals surface area contributed by atoms with Gasteiger partial charge in [0.05, 0.1) is 5.69 Å². The van der Waals surface area contributed by atoms with E-state index in [1.54, 1.807) is 19.9 Å². The first-order valence-corrected chi connectivity index (χ1v) is 10.1. The summed E-state index contributed by atoms with van der Waals surface area (Å²) in [5.41, 5.74) is 1.84. The summed E-state index contributed by atoms with van der Waals surface area (Å²) in [4.78, 5) is 27.6. The van der Waals surface area contributed by atoms with Crippen LogP contribution in [-0.4, -0.2) is 46.3 Å². The highest BCUT2D eigenvalue weighted by Crippen LogP contribution is 2.21. The number of nitrogens with one attached hydrogen (secondary N) is 1. The number of halogens is 1. The highest BCUT2D eigenvalue weighted by molar-refractivity contribution is 6.31. The van der Waals surface area contributed by atoms with E-state index in [1.165, 1.54) is 4.68 Å². The Labute approximate surface area is 166 Å². The Kier molecular flexibility index (Phi) is 7.62. The fourth-order valence-electron chi connectivity index (χ4n) is 3.51. The van der Waals surface area contributed by atoms with Gasteiger partial charge in [0.15, 0.2) is 0 Å². The Morgan fingerprint density at radius 2 is 2.15 bits per heavy atom. The van der Waals surface area contributed by atoms with Crippen molar-refractivity contribution in [2.24, 2.45) is 0 Å². The first-order chi connectivity index (χ1) is 12.7. The quantitative estimate of drug-likeness (QED) is 0.805. The Morgan fingerprint density at radius 3 is 2.74 bits per heavy atom. The number of allylic oxidation sites excluding steroid dienone is 1. The lowest BCUT2D eigenvalue weighted by molar-refractivity contribution is -0.123. The molecule has 1 N–H and O–H groups in total. The van der Waals surface area contributed by atoms with Crippen LogP contribution in [0.5, 0.6) is 0 Å². The van der Waals surface area contributed by atoms with E-state index in [9.17, 15) is 9.59 Å². The first kappa shape index (κ1) is 21.6. The van der Waals surface area contributed by atoms with Crippen molar-refractivity contribution in [1.82, 2.24) is 20.0 Å². The van der Waals surface area contributed by atoms with Gasteiger partial charge >= 0.3 is 0 Å². The van der Waals surface area contributed by atoms with Gasteiger partial charge in [-0.25, -0.2) is 4.68 Å². The van der Waals surface area contributed by atoms with Gasteiger partial charge in [0, 0.05) is 28.7 Å². The SMILES string of the molecule is CCN1CCC[C@@H](NC(=O)Cn2nc(C(C)C)c(/C=C(\C)Cl)c(C)c2=O)C1. The van der Waals surface area contributed by atoms with E-state index in [4.69, 9.17) is 11.6 Å². The number of likely N-dealkylation sites (tertiary alicyclic amines) is 1. The van der Waals surface area contributed by atoms with Crippen molar-refractivity contribution < 1.29 is 4.79 Å². The molecule has 0 saturated carbocycles. The molecule has 1 aliphatic heterocycles. The van der Waals surface area contributed by atoms with Crippen molar-refractivity contribution in [2.45, 2.75) is 66.0 Å². The molecule has 0 unspecified atom stereocenters. The van der Waals surface area contributed by atoms with Gasteiger partial charge in [-0.3, -0.25) is 9.59 Å². The third kappa shape index (κ3) is 5.66. The smallest absolute Gasteiger partial charge is 0.270 e. The lowest BCUT2D eigenvalue weighted by atomic mass is 10.0. The normalized spacial score (nSPS) is 18.8. The summed E-state index contributed by atoms with van der Waals surface area (Å²) < 4.78 is 1.28. The van der Waals surface area contributed by atoms with Gasteiger partial charge in [0.2, 0.25) is 5.91 Å². The number of carbonyl (C=O) groups excluding carboxylic acids is 1. The summed E-state index contributed by atoms with van der Waals surface area (Å²) in [6.07, 6.45) is 3.82. The minimum absolute atomic E-state index is 0.0636. The molecule has 0 aliphatic carbocycles. The third-order valence-electron chi connectivity index (χ3n) is 4.96. The fourth-order valence-corrected chi connectivity index (χ4v) is 3.62. The van der Waals surface area contributed by atoms with Crippen molar-refractivity contribution in [1.29, 1.82) is 0 Å². The summed E-state index contributed by atoms with van der Waals surface area (Å²) >= 11 is 6.03. The molecule has 6 nitrogen and oxygen atoms in total. The molecule has 1 saturated heterocycles. The van der Waals surface area contributed by atoms with E-state index >= 15 is 0 Å². The molecule has 1 fully saturated rings. The standard InChI is InChI=1S/C20H31ClN4O2/c1-6-24-9-7-8-16(11-24)22-18(26)12-25-20(27)15(5)17(10-14(4)21)19(23-25)13(2)3/h10,13,16H,6-9,11-12H2,1-5H3,(H,22,26)/b14-10+/t16-/m1/s1. The number of nitrogens with zero attached hydrogens (tertiary/aromatic N) is 3. The predicted octanol–water partition coefficient (Wildman–Crippen LogP) is 2.88. The molecule has 1 amide bonds. The van der Waals surface area contributed by atoms with E-state index in [0.29, 0.717) is 10.6 Å². The Hall–Kier alpha value is -1.66. The second-order valence-electron chi connectivity index (χ2n) is 7.57. The summed E-state index contributed by atoms with van der Waals surface area (Å²) in [6, 6.07) is 0.133. The van der Waals surface area contributed by atoms with E-state index in [0.717, 1.165) is 43.7 Å². The Morgan fingerprint density at radius 1 is 1.44 bits per heavy atom. The molecule has 0 spiro atoms. The molecular formula is C20H31ClN4O2. The molecule has 150 valence electrons. The van der Waals surface area contributed by atoms with Crippen molar-refractivity contribution in [3.63, 3.8) is 0 Å². The summed E-state index contributed by atoms with van der Waals surface area (Å²) in [5.74, 6) is -0.0594. The van der Waals surface area contributed by atoms with Crippen LogP contribution in [0.15, 0.2) is 9.83 Å². The average Bonchev–Trinajstić information content (AvgIpc) is 2.60. The lowest BCUT2D eigenvalue weighted by Gasteiger charge is -2.32. The fraction of sp³-hybridized carbons (Fsp3) is 0.650. The lowest BCUT2D eigenvalue weighted by Crippen LogP contribution is -2.49. The minimum Gasteiger partial charge on any atom is -0.350 e. The van der Waals surface area contributed by atoms with Gasteiger partial charge in [0.25, 0.3) is 5.56 Å². The van der Waals surface area contributed by atoms with Gasteiger partial charge in [-0.05, 0) is 51.8 Å². The summed E-state index contributed by atoms with van der Waals surface area (Å²) in [7, 11) is 0. The number of aromatic nitrogens is 2. The van der Waals surface area contributed by atoms with Crippen LogP contribution in [0.1, 0.15) is 63.3 Å². The topological polar surface area (TPSA) is 67.2 Å². The zero-order valence-corrected chi connectivity index (χ0v) is 17.8. The number of carbonyl (C=O) groups is 1. The second-order valence-corrected chi connectivity index (χ2v) is 8.17. The Bertz CT molecular complexity index is 766. The molecule has 1 aromatic rings. The number of hydrogen-bond donors (Lipinski definition) is 1. The molecule has 1 atom stereocenters. The van der Waals surface area contributed by atoms with Crippen LogP contribution in [0.2, 0.25) is 0 Å². The molecule has 0 radical (unpaired) electrons. The molecule has 1 aromatic heterocycles. The molecule has 1 aliphatic rings. The van der Waals surface area contributed by atoms with Crippen LogP contribution in [0.3, 0.4) is 0 Å². The maximum Gasteiger partial charge on any atom is 0.270 e. The summed E-state index contributed by atoms with van der Waals surface area (Å²) in [5, 5.41) is 8.13. The van der Waals surface area contributed by atoms with Gasteiger partial charge in [0.1, 0.15) is 6.54 Å². The van der Waals surface area contributed by atoms with Crippen LogP contribution in [0, 0.1) is 6.92 Å². The zero-order valence-electron chi connectivity index (χ0n) is 17.0. The number of amides is 1. The van der Waals surface area contributed by atoms with Crippen LogP contribution in [0.4, 0.5) is 0 Å². The number of likely N-dealkylation sites (N-methyl/N-ethyl adjacent to an activating group) is 1. The molecule has 7 heteroatoms. The highest BCUT2D eigenvalue weighted by atomic mass is 35.5. The van der Waals surface area contributed by atoms with E-state index in [1.807, 2.05) is 13.8 Å². The molecule has 0 bridgehead atoms. The third-order valence-corrected chi connectivity index (χ3v) is 5.07. The van der Waals surface area contributed by atoms with E-state index in [-0.39, 0.29) is 30.0 Å². The highest BCUT2D eigenvalue weighted by Gasteiger charge is 2.22.